The third-order valence-electron chi connectivity index (χ3n) is 5.82. The fourth-order valence-electron chi connectivity index (χ4n) is 3.85. The van der Waals surface area contributed by atoms with Gasteiger partial charge in [0.15, 0.2) is 5.78 Å². The maximum Gasteiger partial charge on any atom is 0.252 e. The number of rotatable bonds is 8. The third kappa shape index (κ3) is 5.34. The number of nitrogens with zero attached hydrogens (tertiary/aromatic N) is 1. The first kappa shape index (κ1) is 24.4. The molecule has 180 valence electrons. The highest BCUT2D eigenvalue weighted by molar-refractivity contribution is 7.89. The van der Waals surface area contributed by atoms with E-state index >= 15 is 0 Å². The molecule has 4 aromatic rings. The molecule has 0 bridgehead atoms. The zero-order valence-corrected chi connectivity index (χ0v) is 20.6. The van der Waals surface area contributed by atoms with Crippen molar-refractivity contribution >= 4 is 26.7 Å². The number of carbonyl (C=O) groups excluding carboxylic acids is 1. The molecule has 1 aromatic heterocycles. The Kier molecular flexibility index (Phi) is 6.86. The summed E-state index contributed by atoms with van der Waals surface area (Å²) in [6.07, 6.45) is 0. The molecule has 0 unspecified atom stereocenters. The Morgan fingerprint density at radius 1 is 0.971 bits per heavy atom. The van der Waals surface area contributed by atoms with E-state index < -0.39 is 10.0 Å². The Bertz CT molecular complexity index is 1560. The van der Waals surface area contributed by atoms with Crippen LogP contribution in [-0.2, 0) is 23.1 Å². The number of sulfonamides is 1. The normalized spacial score (nSPS) is 11.7. The lowest BCUT2D eigenvalue weighted by Gasteiger charge is -2.23. The van der Waals surface area contributed by atoms with Gasteiger partial charge < -0.3 is 9.72 Å². The van der Waals surface area contributed by atoms with Crippen molar-refractivity contribution in [1.82, 2.24) is 9.29 Å². The minimum atomic E-state index is -4.05. The van der Waals surface area contributed by atoms with E-state index in [4.69, 9.17) is 4.74 Å². The Balaban J connectivity index is 1.78. The van der Waals surface area contributed by atoms with Crippen LogP contribution in [0.4, 0.5) is 0 Å². The number of hydrogen-bond acceptors (Lipinski definition) is 5. The average Bonchev–Trinajstić information content (AvgIpc) is 2.84. The van der Waals surface area contributed by atoms with Gasteiger partial charge in [-0.1, -0.05) is 36.4 Å². The highest BCUT2D eigenvalue weighted by Gasteiger charge is 2.26. The molecule has 7 nitrogen and oxygen atoms in total. The van der Waals surface area contributed by atoms with Crippen LogP contribution in [0, 0.1) is 6.92 Å². The van der Waals surface area contributed by atoms with E-state index in [2.05, 4.69) is 4.98 Å². The van der Waals surface area contributed by atoms with Gasteiger partial charge in [-0.05, 0) is 66.8 Å². The molecule has 0 amide bonds. The summed E-state index contributed by atoms with van der Waals surface area (Å²) in [4.78, 5) is 27.6. The molecule has 8 heteroatoms. The number of carbonyl (C=O) groups is 1. The molecule has 4 rings (SSSR count). The van der Waals surface area contributed by atoms with Crippen molar-refractivity contribution in [2.75, 3.05) is 7.11 Å². The van der Waals surface area contributed by atoms with Crippen LogP contribution in [0.1, 0.15) is 34.0 Å². The Morgan fingerprint density at radius 3 is 2.40 bits per heavy atom. The molecule has 0 spiro atoms. The van der Waals surface area contributed by atoms with Gasteiger partial charge in [0.2, 0.25) is 10.0 Å². The molecule has 0 aliphatic heterocycles. The predicted octanol–water partition coefficient (Wildman–Crippen LogP) is 4.44. The second kappa shape index (κ2) is 9.85. The second-order valence-corrected chi connectivity index (χ2v) is 10.4. The highest BCUT2D eigenvalue weighted by atomic mass is 32.2. The van der Waals surface area contributed by atoms with Gasteiger partial charge in [0.1, 0.15) is 5.75 Å². The predicted molar refractivity (Wildman–Crippen MR) is 135 cm³/mol. The molecule has 3 aromatic carbocycles. The zero-order valence-electron chi connectivity index (χ0n) is 19.7. The van der Waals surface area contributed by atoms with Gasteiger partial charge in [-0.25, -0.2) is 8.42 Å². The molecule has 0 aliphatic rings. The van der Waals surface area contributed by atoms with Crippen LogP contribution in [0.2, 0.25) is 0 Å². The number of methoxy groups -OCH3 is 1. The summed E-state index contributed by atoms with van der Waals surface area (Å²) in [5.41, 5.74) is 2.70. The molecule has 1 N–H and O–H groups in total. The Labute approximate surface area is 204 Å². The first-order valence-electron chi connectivity index (χ1n) is 11.0. The average molecular weight is 491 g/mol. The summed E-state index contributed by atoms with van der Waals surface area (Å²) in [6, 6.07) is 20.4. The zero-order chi connectivity index (χ0) is 25.2. The van der Waals surface area contributed by atoms with Gasteiger partial charge in [-0.15, -0.1) is 0 Å². The number of ether oxygens (including phenoxy) is 1. The van der Waals surface area contributed by atoms with Crippen molar-refractivity contribution in [2.24, 2.45) is 0 Å². The topological polar surface area (TPSA) is 96.5 Å². The highest BCUT2D eigenvalue weighted by Crippen LogP contribution is 2.24. The van der Waals surface area contributed by atoms with Crippen molar-refractivity contribution in [2.45, 2.75) is 31.8 Å². The number of ketones is 1. The number of aromatic amines is 1. The van der Waals surface area contributed by atoms with Crippen molar-refractivity contribution in [3.63, 3.8) is 0 Å². The molecule has 0 atom stereocenters. The van der Waals surface area contributed by atoms with Crippen molar-refractivity contribution in [3.05, 3.63) is 105 Å². The van der Waals surface area contributed by atoms with Crippen molar-refractivity contribution < 1.29 is 17.9 Å². The van der Waals surface area contributed by atoms with Gasteiger partial charge in [0.25, 0.3) is 5.56 Å². The van der Waals surface area contributed by atoms with E-state index in [1.165, 1.54) is 23.4 Å². The number of benzene rings is 3. The SMILES string of the molecule is COc1ccc(CN(Cc2cc3ccc(C)cc3[nH]c2=O)S(=O)(=O)c2cccc(C(C)=O)c2)cc1. The molecule has 0 aliphatic carbocycles. The summed E-state index contributed by atoms with van der Waals surface area (Å²) in [7, 11) is -2.49. The van der Waals surface area contributed by atoms with Crippen molar-refractivity contribution in [1.29, 1.82) is 0 Å². The van der Waals surface area contributed by atoms with E-state index in [9.17, 15) is 18.0 Å². The van der Waals surface area contributed by atoms with Crippen LogP contribution in [0.3, 0.4) is 0 Å². The van der Waals surface area contributed by atoms with E-state index in [1.54, 1.807) is 49.6 Å². The van der Waals surface area contributed by atoms with Gasteiger partial charge in [0.05, 0.1) is 12.0 Å². The number of hydrogen-bond donors (Lipinski definition) is 1. The van der Waals surface area contributed by atoms with Crippen molar-refractivity contribution in [3.8, 4) is 5.75 Å². The van der Waals surface area contributed by atoms with Crippen LogP contribution < -0.4 is 10.3 Å². The number of nitrogens with one attached hydrogen (secondary N) is 1. The number of Topliss-reactive ketones (excluding diaryl/α,β-unsaturated/α-hetero) is 1. The quantitative estimate of drug-likeness (QED) is 0.369. The molecule has 1 heterocycles. The lowest BCUT2D eigenvalue weighted by Crippen LogP contribution is -2.32. The number of aryl methyl sites for hydroxylation is 1. The molecule has 35 heavy (non-hydrogen) atoms. The van der Waals surface area contributed by atoms with Gasteiger partial charge in [-0.3, -0.25) is 9.59 Å². The molecule has 0 saturated carbocycles. The van der Waals surface area contributed by atoms with Crippen LogP contribution >= 0.6 is 0 Å². The van der Waals surface area contributed by atoms with E-state index in [0.29, 0.717) is 22.4 Å². The summed E-state index contributed by atoms with van der Waals surface area (Å²) < 4.78 is 33.9. The van der Waals surface area contributed by atoms with E-state index in [-0.39, 0.29) is 29.3 Å². The lowest BCUT2D eigenvalue weighted by atomic mass is 10.1. The monoisotopic (exact) mass is 490 g/mol. The number of pyridine rings is 1. The third-order valence-corrected chi connectivity index (χ3v) is 7.61. The fourth-order valence-corrected chi connectivity index (χ4v) is 5.31. The Morgan fingerprint density at radius 2 is 1.71 bits per heavy atom. The minimum Gasteiger partial charge on any atom is -0.497 e. The standard InChI is InChI=1S/C27H26N2O5S/c1-18-7-10-22-14-23(27(31)28-26(22)13-18)17-29(16-20-8-11-24(34-3)12-9-20)35(32,33)25-6-4-5-21(15-25)19(2)30/h4-15H,16-17H2,1-3H3,(H,28,31). The second-order valence-electron chi connectivity index (χ2n) is 8.42. The summed E-state index contributed by atoms with van der Waals surface area (Å²) in [5.74, 6) is 0.420. The molecule has 0 radical (unpaired) electrons. The molecular formula is C27H26N2O5S. The van der Waals surface area contributed by atoms with Gasteiger partial charge in [0, 0.05) is 29.7 Å². The van der Waals surface area contributed by atoms with Crippen LogP contribution in [0.15, 0.2) is 82.5 Å². The van der Waals surface area contributed by atoms with E-state index in [0.717, 1.165) is 16.5 Å². The van der Waals surface area contributed by atoms with E-state index in [1.807, 2.05) is 25.1 Å². The summed E-state index contributed by atoms with van der Waals surface area (Å²) in [5, 5.41) is 0.811. The minimum absolute atomic E-state index is 0.00782. The number of fused-ring (bicyclic) bond motifs is 1. The fraction of sp³-hybridized carbons (Fsp3) is 0.185. The van der Waals surface area contributed by atoms with Crippen LogP contribution in [0.25, 0.3) is 10.9 Å². The van der Waals surface area contributed by atoms with Gasteiger partial charge in [-0.2, -0.15) is 4.31 Å². The molecule has 0 saturated heterocycles. The smallest absolute Gasteiger partial charge is 0.252 e. The maximum absolute atomic E-state index is 13.7. The lowest BCUT2D eigenvalue weighted by molar-refractivity contribution is 0.101. The number of aromatic nitrogens is 1. The van der Waals surface area contributed by atoms with Crippen LogP contribution in [0.5, 0.6) is 5.75 Å². The maximum atomic E-state index is 13.7. The summed E-state index contributed by atoms with van der Waals surface area (Å²) >= 11 is 0. The molecule has 0 fully saturated rings. The largest absolute Gasteiger partial charge is 0.497 e. The molecular weight excluding hydrogens is 464 g/mol. The van der Waals surface area contributed by atoms with Gasteiger partial charge >= 0.3 is 0 Å². The number of H-pyrrole nitrogens is 1. The Hall–Kier alpha value is -3.75. The first-order valence-corrected chi connectivity index (χ1v) is 12.5. The summed E-state index contributed by atoms with van der Waals surface area (Å²) in [6.45, 7) is 3.21. The van der Waals surface area contributed by atoms with Crippen LogP contribution in [-0.4, -0.2) is 30.6 Å². The first-order chi connectivity index (χ1) is 16.7.